The first-order valence-electron chi connectivity index (χ1n) is 6.94. The van der Waals surface area contributed by atoms with Crippen molar-refractivity contribution in [2.75, 3.05) is 7.05 Å². The van der Waals surface area contributed by atoms with Crippen molar-refractivity contribution in [3.05, 3.63) is 47.6 Å². The van der Waals surface area contributed by atoms with E-state index in [2.05, 4.69) is 10.1 Å². The Labute approximate surface area is 130 Å². The normalized spacial score (nSPS) is 12.4. The van der Waals surface area contributed by atoms with Gasteiger partial charge >= 0.3 is 6.18 Å². The van der Waals surface area contributed by atoms with Gasteiger partial charge in [0.1, 0.15) is 5.52 Å². The first-order valence-corrected chi connectivity index (χ1v) is 6.94. The smallest absolute Gasteiger partial charge is 0.416 e. The Hall–Kier alpha value is -2.35. The zero-order valence-corrected chi connectivity index (χ0v) is 12.6. The fourth-order valence-electron chi connectivity index (χ4n) is 2.37. The Morgan fingerprint density at radius 2 is 2.04 bits per heavy atom. The highest BCUT2D eigenvalue weighted by atomic mass is 19.4. The molecule has 2 heterocycles. The van der Waals surface area contributed by atoms with E-state index >= 15 is 0 Å². The monoisotopic (exact) mass is 324 g/mol. The maximum Gasteiger partial charge on any atom is 0.416 e. The van der Waals surface area contributed by atoms with Crippen LogP contribution >= 0.6 is 0 Å². The number of halogens is 3. The molecule has 0 saturated carbocycles. The molecule has 0 amide bonds. The number of aromatic nitrogens is 3. The molecule has 1 aromatic carbocycles. The van der Waals surface area contributed by atoms with E-state index in [1.807, 2.05) is 25.2 Å². The zero-order valence-electron chi connectivity index (χ0n) is 12.6. The highest BCUT2D eigenvalue weighted by Crippen LogP contribution is 2.31. The predicted octanol–water partition coefficient (Wildman–Crippen LogP) is 3.21. The third kappa shape index (κ3) is 3.53. The number of alkyl halides is 3. The molecule has 0 spiro atoms. The van der Waals surface area contributed by atoms with Crippen molar-refractivity contribution < 1.29 is 17.6 Å². The average Bonchev–Trinajstić information content (AvgIpc) is 3.02. The lowest BCUT2D eigenvalue weighted by Crippen LogP contribution is -2.17. The van der Waals surface area contributed by atoms with Crippen LogP contribution in [0, 0.1) is 0 Å². The molecule has 0 atom stereocenters. The molecular formula is C15H15F3N4O. The highest BCUT2D eigenvalue weighted by molar-refractivity contribution is 5.73. The van der Waals surface area contributed by atoms with Gasteiger partial charge in [-0.25, -0.2) is 4.98 Å². The first-order chi connectivity index (χ1) is 10.8. The van der Waals surface area contributed by atoms with E-state index < -0.39 is 11.7 Å². The summed E-state index contributed by atoms with van der Waals surface area (Å²) in [4.78, 5) is 6.10. The van der Waals surface area contributed by atoms with Gasteiger partial charge in [0, 0.05) is 25.4 Å². The summed E-state index contributed by atoms with van der Waals surface area (Å²) < 4.78 is 45.3. The Bertz CT molecular complexity index is 822. The van der Waals surface area contributed by atoms with Crippen LogP contribution in [0.4, 0.5) is 13.2 Å². The van der Waals surface area contributed by atoms with Crippen molar-refractivity contribution in [1.82, 2.24) is 19.7 Å². The van der Waals surface area contributed by atoms with Gasteiger partial charge < -0.3 is 4.42 Å². The number of oxazole rings is 1. The van der Waals surface area contributed by atoms with Gasteiger partial charge in [0.05, 0.1) is 18.3 Å². The standard InChI is InChI=1S/C15H15F3N4O/c1-21(7-10-6-19-22(2)8-10)9-14-20-12-5-11(15(16,17)18)3-4-13(12)23-14/h3-6,8H,7,9H2,1-2H3. The van der Waals surface area contributed by atoms with E-state index in [0.717, 1.165) is 17.7 Å². The number of nitrogens with zero attached hydrogens (tertiary/aromatic N) is 4. The lowest BCUT2D eigenvalue weighted by molar-refractivity contribution is -0.137. The van der Waals surface area contributed by atoms with Crippen LogP contribution in [0.2, 0.25) is 0 Å². The first kappa shape index (κ1) is 15.5. The second-order valence-electron chi connectivity index (χ2n) is 5.48. The van der Waals surface area contributed by atoms with Crippen LogP contribution in [-0.2, 0) is 26.3 Å². The third-order valence-electron chi connectivity index (χ3n) is 3.38. The third-order valence-corrected chi connectivity index (χ3v) is 3.38. The van der Waals surface area contributed by atoms with Gasteiger partial charge in [-0.1, -0.05) is 0 Å². The number of hydrogen-bond donors (Lipinski definition) is 0. The van der Waals surface area contributed by atoms with Gasteiger partial charge in [0.25, 0.3) is 0 Å². The number of hydrogen-bond acceptors (Lipinski definition) is 4. The summed E-state index contributed by atoms with van der Waals surface area (Å²) in [6.45, 7) is 1.03. The largest absolute Gasteiger partial charge is 0.439 e. The molecule has 0 fully saturated rings. The molecule has 0 aliphatic rings. The van der Waals surface area contributed by atoms with Crippen LogP contribution in [0.25, 0.3) is 11.1 Å². The van der Waals surface area contributed by atoms with E-state index in [-0.39, 0.29) is 5.52 Å². The Morgan fingerprint density at radius 3 is 2.70 bits per heavy atom. The lowest BCUT2D eigenvalue weighted by Gasteiger charge is -2.12. The molecule has 8 heteroatoms. The highest BCUT2D eigenvalue weighted by Gasteiger charge is 2.31. The van der Waals surface area contributed by atoms with Gasteiger partial charge in [0.2, 0.25) is 5.89 Å². The quantitative estimate of drug-likeness (QED) is 0.739. The summed E-state index contributed by atoms with van der Waals surface area (Å²) in [5.74, 6) is 0.380. The van der Waals surface area contributed by atoms with Gasteiger partial charge in [-0.3, -0.25) is 9.58 Å². The number of benzene rings is 1. The number of fused-ring (bicyclic) bond motifs is 1. The molecule has 122 valence electrons. The van der Waals surface area contributed by atoms with Crippen molar-refractivity contribution in [2.45, 2.75) is 19.3 Å². The van der Waals surface area contributed by atoms with Crippen molar-refractivity contribution in [1.29, 1.82) is 0 Å². The fraction of sp³-hybridized carbons (Fsp3) is 0.333. The summed E-state index contributed by atoms with van der Waals surface area (Å²) in [6, 6.07) is 3.30. The van der Waals surface area contributed by atoms with E-state index in [1.165, 1.54) is 6.07 Å². The van der Waals surface area contributed by atoms with Gasteiger partial charge in [-0.05, 0) is 25.2 Å². The molecule has 5 nitrogen and oxygen atoms in total. The van der Waals surface area contributed by atoms with E-state index in [0.29, 0.717) is 24.6 Å². The molecule has 23 heavy (non-hydrogen) atoms. The minimum atomic E-state index is -4.38. The van der Waals surface area contributed by atoms with Crippen LogP contribution in [0.15, 0.2) is 35.0 Å². The summed E-state index contributed by atoms with van der Waals surface area (Å²) in [6.07, 6.45) is -0.721. The van der Waals surface area contributed by atoms with E-state index in [9.17, 15) is 13.2 Å². The van der Waals surface area contributed by atoms with Gasteiger partial charge in [-0.2, -0.15) is 18.3 Å². The summed E-state index contributed by atoms with van der Waals surface area (Å²) in [7, 11) is 3.71. The summed E-state index contributed by atoms with van der Waals surface area (Å²) in [5, 5.41) is 4.09. The Kier molecular flexibility index (Phi) is 3.85. The number of aryl methyl sites for hydroxylation is 1. The maximum absolute atomic E-state index is 12.7. The molecule has 0 unspecified atom stereocenters. The molecule has 3 rings (SSSR count). The Balaban J connectivity index is 1.75. The molecular weight excluding hydrogens is 309 g/mol. The molecule has 0 aliphatic heterocycles. The summed E-state index contributed by atoms with van der Waals surface area (Å²) in [5.41, 5.74) is 0.867. The van der Waals surface area contributed by atoms with Crippen molar-refractivity contribution >= 4 is 11.1 Å². The second kappa shape index (κ2) is 5.69. The fourth-order valence-corrected chi connectivity index (χ4v) is 2.37. The second-order valence-corrected chi connectivity index (χ2v) is 5.48. The molecule has 0 N–H and O–H groups in total. The van der Waals surface area contributed by atoms with Crippen LogP contribution < -0.4 is 0 Å². The van der Waals surface area contributed by atoms with Gasteiger partial charge in [-0.15, -0.1) is 0 Å². The molecule has 0 radical (unpaired) electrons. The minimum Gasteiger partial charge on any atom is -0.439 e. The number of rotatable bonds is 4. The van der Waals surface area contributed by atoms with Crippen molar-refractivity contribution in [2.24, 2.45) is 7.05 Å². The van der Waals surface area contributed by atoms with Crippen LogP contribution in [-0.4, -0.2) is 26.7 Å². The van der Waals surface area contributed by atoms with Crippen molar-refractivity contribution in [3.63, 3.8) is 0 Å². The molecule has 0 aliphatic carbocycles. The Morgan fingerprint density at radius 1 is 1.26 bits per heavy atom. The lowest BCUT2D eigenvalue weighted by atomic mass is 10.2. The van der Waals surface area contributed by atoms with Crippen LogP contribution in [0.3, 0.4) is 0 Å². The molecule has 0 bridgehead atoms. The average molecular weight is 324 g/mol. The predicted molar refractivity (Wildman–Crippen MR) is 77.4 cm³/mol. The van der Waals surface area contributed by atoms with Gasteiger partial charge in [0.15, 0.2) is 5.58 Å². The maximum atomic E-state index is 12.7. The topological polar surface area (TPSA) is 47.1 Å². The van der Waals surface area contributed by atoms with E-state index in [4.69, 9.17) is 4.42 Å². The van der Waals surface area contributed by atoms with Crippen LogP contribution in [0.1, 0.15) is 17.0 Å². The molecule has 2 aromatic heterocycles. The van der Waals surface area contributed by atoms with Crippen LogP contribution in [0.5, 0.6) is 0 Å². The zero-order chi connectivity index (χ0) is 16.6. The SMILES string of the molecule is CN(Cc1cnn(C)c1)Cc1nc2cc(C(F)(F)F)ccc2o1. The van der Waals surface area contributed by atoms with Crippen molar-refractivity contribution in [3.8, 4) is 0 Å². The molecule has 3 aromatic rings. The summed E-state index contributed by atoms with van der Waals surface area (Å²) >= 11 is 0. The molecule has 0 saturated heterocycles. The van der Waals surface area contributed by atoms with E-state index in [1.54, 1.807) is 10.9 Å². The minimum absolute atomic E-state index is 0.213.